The van der Waals surface area contributed by atoms with Crippen LogP contribution in [0.3, 0.4) is 0 Å². The van der Waals surface area contributed by atoms with Gasteiger partial charge in [0.05, 0.1) is 0 Å². The summed E-state index contributed by atoms with van der Waals surface area (Å²) in [6.45, 7) is 6.45. The molecule has 0 saturated carbocycles. The molecule has 0 aromatic rings. The number of hydrogen-bond acceptors (Lipinski definition) is 4. The van der Waals surface area contributed by atoms with Crippen molar-refractivity contribution in [3.8, 4) is 0 Å². The fourth-order valence-corrected chi connectivity index (χ4v) is 1.36. The van der Waals surface area contributed by atoms with Gasteiger partial charge in [-0.05, 0) is 12.8 Å². The van der Waals surface area contributed by atoms with E-state index in [9.17, 15) is 0 Å². The summed E-state index contributed by atoms with van der Waals surface area (Å²) in [4.78, 5) is 2.14. The minimum absolute atomic E-state index is 0.363. The first-order valence-corrected chi connectivity index (χ1v) is 11.4. The van der Waals surface area contributed by atoms with E-state index < -0.39 is 0 Å². The van der Waals surface area contributed by atoms with E-state index in [-0.39, 0.29) is 14.9 Å². The summed E-state index contributed by atoms with van der Waals surface area (Å²) in [5, 5.41) is 0. The molecule has 6 heteroatoms. The molecule has 0 rings (SSSR count). The zero-order valence-electron chi connectivity index (χ0n) is 9.23. The summed E-state index contributed by atoms with van der Waals surface area (Å²) < 4.78 is 0.636. The van der Waals surface area contributed by atoms with Crippen molar-refractivity contribution >= 4 is 48.8 Å². The van der Waals surface area contributed by atoms with Gasteiger partial charge in [-0.2, -0.15) is 0 Å². The van der Waals surface area contributed by atoms with Crippen LogP contribution >= 0.6 is 31.9 Å². The van der Waals surface area contributed by atoms with Gasteiger partial charge in [-0.25, -0.2) is 0 Å². The van der Waals surface area contributed by atoms with Gasteiger partial charge in [0, 0.05) is 13.1 Å². The SMILES string of the molecule is CCCCN(CCCC)C(=S)[S-].[S]=[Mo+2]=[S]. The van der Waals surface area contributed by atoms with Crippen molar-refractivity contribution in [2.75, 3.05) is 13.1 Å². The zero-order valence-corrected chi connectivity index (χ0v) is 14.5. The molecular weight excluding hydrogens is 346 g/mol. The summed E-state index contributed by atoms with van der Waals surface area (Å²) >= 11 is 9.61. The van der Waals surface area contributed by atoms with Crippen LogP contribution in [0.25, 0.3) is 0 Å². The van der Waals surface area contributed by atoms with E-state index in [0.717, 1.165) is 13.1 Å². The normalized spacial score (nSPS) is 8.40. The molecule has 0 bridgehead atoms. The molecule has 0 aliphatic heterocycles. The van der Waals surface area contributed by atoms with Crippen molar-refractivity contribution < 1.29 is 14.9 Å². The van der Waals surface area contributed by atoms with Crippen molar-refractivity contribution in [2.24, 2.45) is 0 Å². The van der Waals surface area contributed by atoms with Crippen molar-refractivity contribution in [1.29, 1.82) is 0 Å². The topological polar surface area (TPSA) is 3.24 Å². The third-order valence-corrected chi connectivity index (χ3v) is 2.34. The Hall–Kier alpha value is 1.24. The van der Waals surface area contributed by atoms with E-state index in [1.165, 1.54) is 25.7 Å². The Kier molecular flexibility index (Phi) is 18.9. The van der Waals surface area contributed by atoms with Gasteiger partial charge >= 0.3 is 34.6 Å². The van der Waals surface area contributed by atoms with Gasteiger partial charge in [0.1, 0.15) is 0 Å². The average Bonchev–Trinajstić information content (AvgIpc) is 2.19. The van der Waals surface area contributed by atoms with Gasteiger partial charge in [0.15, 0.2) is 0 Å². The molecule has 0 aliphatic rings. The van der Waals surface area contributed by atoms with Crippen LogP contribution in [0.4, 0.5) is 0 Å². The molecule has 0 N–H and O–H groups in total. The maximum absolute atomic E-state index is 4.98. The van der Waals surface area contributed by atoms with Crippen molar-refractivity contribution in [1.82, 2.24) is 4.90 Å². The molecule has 0 aromatic heterocycles. The van der Waals surface area contributed by atoms with E-state index in [1.54, 1.807) is 0 Å². The predicted molar refractivity (Wildman–Crippen MR) is 76.5 cm³/mol. The van der Waals surface area contributed by atoms with E-state index in [0.29, 0.717) is 4.32 Å². The molecule has 0 unspecified atom stereocenters. The number of hydrogen-bond donors (Lipinski definition) is 0. The Morgan fingerprint density at radius 2 is 1.47 bits per heavy atom. The summed E-state index contributed by atoms with van der Waals surface area (Å²) in [6.07, 6.45) is 4.81. The van der Waals surface area contributed by atoms with E-state index in [4.69, 9.17) is 24.8 Å². The third-order valence-electron chi connectivity index (χ3n) is 1.82. The molecule has 15 heavy (non-hydrogen) atoms. The van der Waals surface area contributed by atoms with Crippen LogP contribution in [0.5, 0.6) is 0 Å². The van der Waals surface area contributed by atoms with Gasteiger partial charge < -0.3 is 29.7 Å². The monoisotopic (exact) mass is 366 g/mol. The molecule has 0 spiro atoms. The van der Waals surface area contributed by atoms with Crippen LogP contribution in [-0.4, -0.2) is 22.3 Å². The minimum atomic E-state index is -0.363. The van der Waals surface area contributed by atoms with Crippen LogP contribution in [0.1, 0.15) is 39.5 Å². The molecule has 0 fully saturated rings. The second kappa shape index (κ2) is 15.2. The first-order valence-electron chi connectivity index (χ1n) is 5.01. The van der Waals surface area contributed by atoms with Gasteiger partial charge in [0.2, 0.25) is 0 Å². The average molecular weight is 364 g/mol. The van der Waals surface area contributed by atoms with Crippen LogP contribution in [-0.2, 0) is 27.6 Å². The third kappa shape index (κ3) is 15.2. The Morgan fingerprint density at radius 3 is 1.67 bits per heavy atom. The Bertz CT molecular complexity index is 185. The summed E-state index contributed by atoms with van der Waals surface area (Å²) in [5.74, 6) is 0. The second-order valence-corrected chi connectivity index (χ2v) is 7.61. The first kappa shape index (κ1) is 18.6. The van der Waals surface area contributed by atoms with E-state index in [1.807, 2.05) is 0 Å². The predicted octanol–water partition coefficient (Wildman–Crippen LogP) is 4.01. The standard InChI is InChI=1S/C9H19NS2.Mo.2S/c1-3-5-7-10(9(11)12)8-6-4-2;;;/h3-8H2,1-2H3,(H,11,12);;;/q;+2;;/p-1. The molecule has 88 valence electrons. The molecule has 0 aromatic carbocycles. The first-order chi connectivity index (χ1) is 7.13. The molecule has 0 aliphatic carbocycles. The maximum atomic E-state index is 4.98. The van der Waals surface area contributed by atoms with Crippen LogP contribution in [0.15, 0.2) is 0 Å². The Labute approximate surface area is 120 Å². The Morgan fingerprint density at radius 1 is 1.13 bits per heavy atom. The molecule has 0 heterocycles. The van der Waals surface area contributed by atoms with Gasteiger partial charge in [-0.1, -0.05) is 31.0 Å². The zero-order chi connectivity index (χ0) is 12.1. The fraction of sp³-hybridized carbons (Fsp3) is 0.889. The van der Waals surface area contributed by atoms with Crippen LogP contribution in [0.2, 0.25) is 0 Å². The van der Waals surface area contributed by atoms with Crippen molar-refractivity contribution in [2.45, 2.75) is 39.5 Å². The van der Waals surface area contributed by atoms with E-state index >= 15 is 0 Å². The van der Waals surface area contributed by atoms with Crippen molar-refractivity contribution in [3.63, 3.8) is 0 Å². The Balaban J connectivity index is 0. The number of unbranched alkanes of at least 4 members (excludes halogenated alkanes) is 2. The quantitative estimate of drug-likeness (QED) is 0.397. The molecule has 1 nitrogen and oxygen atoms in total. The number of nitrogens with zero attached hydrogens (tertiary/aromatic N) is 1. The number of rotatable bonds is 6. The van der Waals surface area contributed by atoms with Crippen LogP contribution < -0.4 is 0 Å². The van der Waals surface area contributed by atoms with E-state index in [2.05, 4.69) is 38.4 Å². The molecule has 0 amide bonds. The molecule has 0 saturated heterocycles. The summed E-state index contributed by atoms with van der Waals surface area (Å²) in [6, 6.07) is 0. The second-order valence-electron chi connectivity index (χ2n) is 3.03. The number of thiocarbonyl (C=S) groups is 1. The van der Waals surface area contributed by atoms with Crippen molar-refractivity contribution in [3.05, 3.63) is 0 Å². The molecule has 0 atom stereocenters. The summed E-state index contributed by atoms with van der Waals surface area (Å²) in [5.41, 5.74) is 0. The summed E-state index contributed by atoms with van der Waals surface area (Å²) in [7, 11) is 8.68. The molecular formula is C9H18MoNS4+. The fourth-order valence-electron chi connectivity index (χ4n) is 0.992. The van der Waals surface area contributed by atoms with Gasteiger partial charge in [-0.15, -0.1) is 0 Å². The van der Waals surface area contributed by atoms with Gasteiger partial charge in [0.25, 0.3) is 0 Å². The van der Waals surface area contributed by atoms with Crippen LogP contribution in [0, 0.1) is 0 Å². The van der Waals surface area contributed by atoms with Gasteiger partial charge in [-0.3, -0.25) is 0 Å². The molecule has 0 radical (unpaired) electrons.